The van der Waals surface area contributed by atoms with Gasteiger partial charge in [0.15, 0.2) is 0 Å². The number of carbonyl (C=O) groups excluding carboxylic acids is 1. The summed E-state index contributed by atoms with van der Waals surface area (Å²) in [5.74, 6) is 0.458. The number of urea groups is 1. The smallest absolute Gasteiger partial charge is 0.318 e. The van der Waals surface area contributed by atoms with Gasteiger partial charge in [0.25, 0.3) is 0 Å². The van der Waals surface area contributed by atoms with Gasteiger partial charge in [0, 0.05) is 12.6 Å². The number of halogens is 1. The van der Waals surface area contributed by atoms with Crippen LogP contribution >= 0.6 is 0 Å². The van der Waals surface area contributed by atoms with Gasteiger partial charge in [-0.2, -0.15) is 0 Å². The molecule has 21 heavy (non-hydrogen) atoms. The maximum Gasteiger partial charge on any atom is 0.318 e. The number of nitrogens with zero attached hydrogens (tertiary/aromatic N) is 1. The maximum atomic E-state index is 12.9. The standard InChI is InChI=1S/C16H17FN2O2/c17-13-5-3-12(4-6-13)11-19(14-7-8-14)16(20)18-10-15-2-1-9-21-15/h1-6,9,14H,7-8,10-11H2,(H,18,20). The van der Waals surface area contributed by atoms with Gasteiger partial charge in [0.1, 0.15) is 11.6 Å². The summed E-state index contributed by atoms with van der Waals surface area (Å²) in [6.07, 6.45) is 3.63. The van der Waals surface area contributed by atoms with Gasteiger partial charge in [0.05, 0.1) is 12.8 Å². The maximum absolute atomic E-state index is 12.9. The van der Waals surface area contributed by atoms with Crippen LogP contribution in [0, 0.1) is 5.82 Å². The Hall–Kier alpha value is -2.30. The second-order valence-electron chi connectivity index (χ2n) is 5.22. The van der Waals surface area contributed by atoms with Crippen molar-refractivity contribution in [1.29, 1.82) is 0 Å². The summed E-state index contributed by atoms with van der Waals surface area (Å²) >= 11 is 0. The van der Waals surface area contributed by atoms with Gasteiger partial charge in [-0.05, 0) is 42.7 Å². The van der Waals surface area contributed by atoms with Crippen LogP contribution in [0.2, 0.25) is 0 Å². The van der Waals surface area contributed by atoms with E-state index < -0.39 is 0 Å². The van der Waals surface area contributed by atoms with Crippen LogP contribution in [0.1, 0.15) is 24.2 Å². The Balaban J connectivity index is 1.61. The Kier molecular flexibility index (Phi) is 3.90. The molecule has 110 valence electrons. The van der Waals surface area contributed by atoms with E-state index in [0.29, 0.717) is 13.1 Å². The average Bonchev–Trinajstić information content (AvgIpc) is 3.19. The monoisotopic (exact) mass is 288 g/mol. The van der Waals surface area contributed by atoms with Crippen LogP contribution in [-0.4, -0.2) is 17.0 Å². The van der Waals surface area contributed by atoms with E-state index >= 15 is 0 Å². The molecule has 1 aromatic heterocycles. The van der Waals surface area contributed by atoms with Crippen molar-refractivity contribution in [3.8, 4) is 0 Å². The van der Waals surface area contributed by atoms with Crippen LogP contribution in [0.25, 0.3) is 0 Å². The van der Waals surface area contributed by atoms with Gasteiger partial charge < -0.3 is 14.6 Å². The summed E-state index contributed by atoms with van der Waals surface area (Å²) in [6, 6.07) is 10.0. The van der Waals surface area contributed by atoms with E-state index in [9.17, 15) is 9.18 Å². The summed E-state index contributed by atoms with van der Waals surface area (Å²) in [7, 11) is 0. The molecule has 1 aliphatic carbocycles. The number of hydrogen-bond acceptors (Lipinski definition) is 2. The number of amides is 2. The fraction of sp³-hybridized carbons (Fsp3) is 0.312. The lowest BCUT2D eigenvalue weighted by Crippen LogP contribution is -2.40. The third-order valence-corrected chi connectivity index (χ3v) is 3.51. The number of benzene rings is 1. The predicted octanol–water partition coefficient (Wildman–Crippen LogP) is 3.29. The van der Waals surface area contributed by atoms with Crippen molar-refractivity contribution >= 4 is 6.03 Å². The van der Waals surface area contributed by atoms with E-state index in [1.165, 1.54) is 12.1 Å². The third-order valence-electron chi connectivity index (χ3n) is 3.51. The minimum Gasteiger partial charge on any atom is -0.467 e. The van der Waals surface area contributed by atoms with E-state index in [-0.39, 0.29) is 17.9 Å². The minimum atomic E-state index is -0.265. The van der Waals surface area contributed by atoms with Gasteiger partial charge in [-0.25, -0.2) is 9.18 Å². The predicted molar refractivity (Wildman–Crippen MR) is 75.9 cm³/mol. The molecule has 1 heterocycles. The van der Waals surface area contributed by atoms with Gasteiger partial charge in [0.2, 0.25) is 0 Å². The number of nitrogens with one attached hydrogen (secondary N) is 1. The summed E-state index contributed by atoms with van der Waals surface area (Å²) < 4.78 is 18.1. The first-order valence-corrected chi connectivity index (χ1v) is 7.03. The van der Waals surface area contributed by atoms with Gasteiger partial charge >= 0.3 is 6.03 Å². The lowest BCUT2D eigenvalue weighted by atomic mass is 10.2. The average molecular weight is 288 g/mol. The van der Waals surface area contributed by atoms with Crippen molar-refractivity contribution in [3.05, 3.63) is 59.8 Å². The lowest BCUT2D eigenvalue weighted by molar-refractivity contribution is 0.190. The first kappa shape index (κ1) is 13.7. The highest BCUT2D eigenvalue weighted by molar-refractivity contribution is 5.74. The van der Waals surface area contributed by atoms with Gasteiger partial charge in [-0.15, -0.1) is 0 Å². The fourth-order valence-electron chi connectivity index (χ4n) is 2.22. The minimum absolute atomic E-state index is 0.113. The Morgan fingerprint density at radius 2 is 2.05 bits per heavy atom. The normalized spacial score (nSPS) is 14.0. The molecule has 1 fully saturated rings. The Morgan fingerprint density at radius 3 is 2.67 bits per heavy atom. The highest BCUT2D eigenvalue weighted by Crippen LogP contribution is 2.28. The van der Waals surface area contributed by atoms with Crippen molar-refractivity contribution in [2.45, 2.75) is 32.0 Å². The number of carbonyl (C=O) groups is 1. The van der Waals surface area contributed by atoms with Crippen LogP contribution in [0.5, 0.6) is 0 Å². The molecule has 1 aliphatic rings. The molecule has 0 atom stereocenters. The van der Waals surface area contributed by atoms with Crippen molar-refractivity contribution in [1.82, 2.24) is 10.2 Å². The zero-order valence-corrected chi connectivity index (χ0v) is 11.6. The number of furan rings is 1. The van der Waals surface area contributed by atoms with Crippen molar-refractivity contribution in [2.75, 3.05) is 0 Å². The fourth-order valence-corrected chi connectivity index (χ4v) is 2.22. The zero-order valence-electron chi connectivity index (χ0n) is 11.6. The van der Waals surface area contributed by atoms with Crippen molar-refractivity contribution < 1.29 is 13.6 Å². The molecule has 1 N–H and O–H groups in total. The molecule has 0 spiro atoms. The Morgan fingerprint density at radius 1 is 1.29 bits per heavy atom. The van der Waals surface area contributed by atoms with Gasteiger partial charge in [-0.1, -0.05) is 12.1 Å². The summed E-state index contributed by atoms with van der Waals surface area (Å²) in [6.45, 7) is 0.868. The molecule has 2 amide bonds. The lowest BCUT2D eigenvalue weighted by Gasteiger charge is -2.22. The molecular formula is C16H17FN2O2. The second-order valence-corrected chi connectivity index (χ2v) is 5.22. The summed E-state index contributed by atoms with van der Waals surface area (Å²) in [5, 5.41) is 2.86. The second kappa shape index (κ2) is 5.99. The molecule has 2 aromatic rings. The zero-order chi connectivity index (χ0) is 14.7. The molecule has 1 aromatic carbocycles. The molecule has 0 saturated heterocycles. The van der Waals surface area contributed by atoms with Crippen LogP contribution in [-0.2, 0) is 13.1 Å². The van der Waals surface area contributed by atoms with E-state index in [2.05, 4.69) is 5.32 Å². The van der Waals surface area contributed by atoms with Gasteiger partial charge in [-0.3, -0.25) is 0 Å². The SMILES string of the molecule is O=C(NCc1ccco1)N(Cc1ccc(F)cc1)C1CC1. The van der Waals surface area contributed by atoms with Crippen molar-refractivity contribution in [3.63, 3.8) is 0 Å². The van der Waals surface area contributed by atoms with Crippen LogP contribution < -0.4 is 5.32 Å². The quantitative estimate of drug-likeness (QED) is 0.917. The molecule has 0 radical (unpaired) electrons. The van der Waals surface area contributed by atoms with Crippen LogP contribution in [0.15, 0.2) is 47.1 Å². The van der Waals surface area contributed by atoms with Crippen molar-refractivity contribution in [2.24, 2.45) is 0 Å². The highest BCUT2D eigenvalue weighted by atomic mass is 19.1. The van der Waals surface area contributed by atoms with E-state index in [1.807, 2.05) is 6.07 Å². The molecule has 1 saturated carbocycles. The summed E-state index contributed by atoms with van der Waals surface area (Å²) in [5.41, 5.74) is 0.927. The van der Waals surface area contributed by atoms with Crippen LogP contribution in [0.3, 0.4) is 0 Å². The third kappa shape index (κ3) is 3.62. The molecule has 3 rings (SSSR count). The molecule has 0 unspecified atom stereocenters. The molecular weight excluding hydrogens is 271 g/mol. The molecule has 5 heteroatoms. The topological polar surface area (TPSA) is 45.5 Å². The van der Waals surface area contributed by atoms with E-state index in [1.54, 1.807) is 29.4 Å². The Bertz CT molecular complexity index is 591. The molecule has 0 aliphatic heterocycles. The number of rotatable bonds is 5. The first-order chi connectivity index (χ1) is 10.2. The molecule has 4 nitrogen and oxygen atoms in total. The Labute approximate surface area is 122 Å². The molecule has 0 bridgehead atoms. The van der Waals surface area contributed by atoms with E-state index in [0.717, 1.165) is 24.2 Å². The summed E-state index contributed by atoms with van der Waals surface area (Å²) in [4.78, 5) is 14.1. The largest absolute Gasteiger partial charge is 0.467 e. The first-order valence-electron chi connectivity index (χ1n) is 7.03. The number of hydrogen-bond donors (Lipinski definition) is 1. The van der Waals surface area contributed by atoms with E-state index in [4.69, 9.17) is 4.42 Å². The van der Waals surface area contributed by atoms with Crippen LogP contribution in [0.4, 0.5) is 9.18 Å². The highest BCUT2D eigenvalue weighted by Gasteiger charge is 2.32.